The first kappa shape index (κ1) is 12.6. The average molecular weight is 295 g/mol. The summed E-state index contributed by atoms with van der Waals surface area (Å²) in [4.78, 5) is 17.9. The molecule has 1 amide bonds. The molecule has 0 spiro atoms. The van der Waals surface area contributed by atoms with E-state index in [1.807, 2.05) is 18.2 Å². The molecular formula is C13H11ClN2O2S. The lowest BCUT2D eigenvalue weighted by Gasteiger charge is -2.35. The molecule has 1 aromatic heterocycles. The predicted octanol–water partition coefficient (Wildman–Crippen LogP) is 2.28. The first-order valence-electron chi connectivity index (χ1n) is 5.82. The van der Waals surface area contributed by atoms with Crippen molar-refractivity contribution in [2.24, 2.45) is 0 Å². The molecule has 1 saturated heterocycles. The summed E-state index contributed by atoms with van der Waals surface area (Å²) in [5.74, 6) is -0.130. The van der Waals surface area contributed by atoms with Crippen molar-refractivity contribution in [3.8, 4) is 10.6 Å². The molecule has 0 unspecified atom stereocenters. The Morgan fingerprint density at radius 2 is 2.26 bits per heavy atom. The molecular weight excluding hydrogens is 284 g/mol. The maximum absolute atomic E-state index is 12.0. The Morgan fingerprint density at radius 3 is 2.95 bits per heavy atom. The summed E-state index contributed by atoms with van der Waals surface area (Å²) >= 11 is 7.35. The van der Waals surface area contributed by atoms with E-state index < -0.39 is 6.10 Å². The number of carbonyl (C=O) groups excluding carboxylic acids is 1. The summed E-state index contributed by atoms with van der Waals surface area (Å²) in [7, 11) is 0. The lowest BCUT2D eigenvalue weighted by atomic mass is 10.1. The maximum atomic E-state index is 12.0. The van der Waals surface area contributed by atoms with Crippen LogP contribution in [-0.4, -0.2) is 40.1 Å². The lowest BCUT2D eigenvalue weighted by molar-refractivity contribution is 0.00556. The summed E-state index contributed by atoms with van der Waals surface area (Å²) in [5.41, 5.74) is 1.33. The van der Waals surface area contributed by atoms with Crippen molar-refractivity contribution in [3.05, 3.63) is 40.4 Å². The van der Waals surface area contributed by atoms with Crippen LogP contribution in [0.1, 0.15) is 10.5 Å². The third-order valence-electron chi connectivity index (χ3n) is 2.94. The number of halogens is 1. The van der Waals surface area contributed by atoms with E-state index in [0.29, 0.717) is 23.8 Å². The molecule has 4 nitrogen and oxygen atoms in total. The second kappa shape index (κ2) is 4.92. The minimum Gasteiger partial charge on any atom is -0.389 e. The molecule has 2 heterocycles. The molecule has 0 saturated carbocycles. The van der Waals surface area contributed by atoms with Crippen LogP contribution in [0.3, 0.4) is 0 Å². The zero-order chi connectivity index (χ0) is 13.4. The van der Waals surface area contributed by atoms with E-state index in [2.05, 4.69) is 4.98 Å². The van der Waals surface area contributed by atoms with Crippen molar-refractivity contribution in [1.82, 2.24) is 9.88 Å². The van der Waals surface area contributed by atoms with Gasteiger partial charge in [-0.15, -0.1) is 11.3 Å². The molecule has 98 valence electrons. The fourth-order valence-corrected chi connectivity index (χ4v) is 2.89. The molecule has 0 aliphatic carbocycles. The highest BCUT2D eigenvalue weighted by Gasteiger charge is 2.30. The monoisotopic (exact) mass is 294 g/mol. The van der Waals surface area contributed by atoms with Crippen molar-refractivity contribution >= 4 is 28.8 Å². The van der Waals surface area contributed by atoms with Crippen LogP contribution in [0.25, 0.3) is 10.6 Å². The van der Waals surface area contributed by atoms with Gasteiger partial charge >= 0.3 is 0 Å². The molecule has 0 bridgehead atoms. The minimum absolute atomic E-state index is 0.130. The van der Waals surface area contributed by atoms with Crippen LogP contribution in [0.15, 0.2) is 29.6 Å². The molecule has 2 aromatic rings. The number of β-amino-alcohol motifs (C(OH)–C–C–N with tert-alkyl or cyclic N) is 1. The fourth-order valence-electron chi connectivity index (χ4n) is 1.91. The van der Waals surface area contributed by atoms with Crippen molar-refractivity contribution in [2.45, 2.75) is 6.10 Å². The van der Waals surface area contributed by atoms with Gasteiger partial charge < -0.3 is 10.0 Å². The Morgan fingerprint density at radius 1 is 1.47 bits per heavy atom. The van der Waals surface area contributed by atoms with Crippen LogP contribution in [0.5, 0.6) is 0 Å². The second-order valence-electron chi connectivity index (χ2n) is 4.41. The van der Waals surface area contributed by atoms with E-state index >= 15 is 0 Å². The predicted molar refractivity (Wildman–Crippen MR) is 74.5 cm³/mol. The van der Waals surface area contributed by atoms with Crippen LogP contribution in [0.4, 0.5) is 0 Å². The summed E-state index contributed by atoms with van der Waals surface area (Å²) < 4.78 is 0. The number of carbonyl (C=O) groups is 1. The zero-order valence-corrected chi connectivity index (χ0v) is 11.5. The van der Waals surface area contributed by atoms with Gasteiger partial charge in [0.25, 0.3) is 5.91 Å². The molecule has 0 atom stereocenters. The van der Waals surface area contributed by atoms with Gasteiger partial charge in [0.05, 0.1) is 6.10 Å². The SMILES string of the molecule is O=C(c1csc(-c2cccc(Cl)c2)n1)N1CC(O)C1. The third kappa shape index (κ3) is 2.49. The van der Waals surface area contributed by atoms with Gasteiger partial charge in [-0.1, -0.05) is 23.7 Å². The summed E-state index contributed by atoms with van der Waals surface area (Å²) in [6, 6.07) is 7.38. The van der Waals surface area contributed by atoms with E-state index in [1.165, 1.54) is 11.3 Å². The van der Waals surface area contributed by atoms with Gasteiger partial charge in [-0.3, -0.25) is 4.79 Å². The van der Waals surface area contributed by atoms with Gasteiger partial charge in [0.1, 0.15) is 10.7 Å². The van der Waals surface area contributed by atoms with Crippen molar-refractivity contribution in [1.29, 1.82) is 0 Å². The van der Waals surface area contributed by atoms with Gasteiger partial charge in [-0.25, -0.2) is 4.98 Å². The van der Waals surface area contributed by atoms with Crippen LogP contribution < -0.4 is 0 Å². The number of amides is 1. The molecule has 1 fully saturated rings. The number of hydrogen-bond donors (Lipinski definition) is 1. The van der Waals surface area contributed by atoms with Crippen LogP contribution in [-0.2, 0) is 0 Å². The van der Waals surface area contributed by atoms with Gasteiger partial charge in [0.2, 0.25) is 0 Å². The molecule has 6 heteroatoms. The van der Waals surface area contributed by atoms with Crippen LogP contribution >= 0.6 is 22.9 Å². The largest absolute Gasteiger partial charge is 0.389 e. The maximum Gasteiger partial charge on any atom is 0.273 e. The van der Waals surface area contributed by atoms with Crippen molar-refractivity contribution in [2.75, 3.05) is 13.1 Å². The molecule has 1 aliphatic heterocycles. The number of hydrogen-bond acceptors (Lipinski definition) is 4. The summed E-state index contributed by atoms with van der Waals surface area (Å²) in [6.07, 6.45) is -0.394. The first-order valence-corrected chi connectivity index (χ1v) is 7.08. The number of rotatable bonds is 2. The Balaban J connectivity index is 1.81. The van der Waals surface area contributed by atoms with Gasteiger partial charge in [0, 0.05) is 29.1 Å². The Labute approximate surface area is 119 Å². The average Bonchev–Trinajstić information content (AvgIpc) is 2.84. The molecule has 3 rings (SSSR count). The van der Waals surface area contributed by atoms with Gasteiger partial charge in [-0.05, 0) is 12.1 Å². The second-order valence-corrected chi connectivity index (χ2v) is 5.71. The number of aliphatic hydroxyl groups is 1. The molecule has 1 N–H and O–H groups in total. The number of thiazole rings is 1. The smallest absolute Gasteiger partial charge is 0.273 e. The fraction of sp³-hybridized carbons (Fsp3) is 0.231. The summed E-state index contributed by atoms with van der Waals surface area (Å²) in [5, 5.41) is 12.4. The van der Waals surface area contributed by atoms with E-state index in [9.17, 15) is 9.90 Å². The van der Waals surface area contributed by atoms with Crippen molar-refractivity contribution in [3.63, 3.8) is 0 Å². The number of likely N-dealkylation sites (tertiary alicyclic amines) is 1. The molecule has 0 radical (unpaired) electrons. The highest BCUT2D eigenvalue weighted by molar-refractivity contribution is 7.13. The Hall–Kier alpha value is -1.43. The highest BCUT2D eigenvalue weighted by Crippen LogP contribution is 2.27. The number of nitrogens with zero attached hydrogens (tertiary/aromatic N) is 2. The first-order chi connectivity index (χ1) is 9.13. The Bertz CT molecular complexity index is 623. The number of benzene rings is 1. The highest BCUT2D eigenvalue weighted by atomic mass is 35.5. The number of aliphatic hydroxyl groups excluding tert-OH is 1. The lowest BCUT2D eigenvalue weighted by Crippen LogP contribution is -2.53. The quantitative estimate of drug-likeness (QED) is 0.924. The standard InChI is InChI=1S/C13H11ClN2O2S/c14-9-3-1-2-8(4-9)12-15-11(7-19-12)13(18)16-5-10(17)6-16/h1-4,7,10,17H,5-6H2. The van der Waals surface area contributed by atoms with Crippen LogP contribution in [0.2, 0.25) is 5.02 Å². The van der Waals surface area contributed by atoms with E-state index in [0.717, 1.165) is 10.6 Å². The normalized spacial score (nSPS) is 15.4. The van der Waals surface area contributed by atoms with Crippen LogP contribution in [0, 0.1) is 0 Å². The van der Waals surface area contributed by atoms with Gasteiger partial charge in [-0.2, -0.15) is 0 Å². The van der Waals surface area contributed by atoms with E-state index in [1.54, 1.807) is 16.3 Å². The molecule has 19 heavy (non-hydrogen) atoms. The minimum atomic E-state index is -0.394. The Kier molecular flexibility index (Phi) is 3.26. The van der Waals surface area contributed by atoms with E-state index in [-0.39, 0.29) is 5.91 Å². The summed E-state index contributed by atoms with van der Waals surface area (Å²) in [6.45, 7) is 0.783. The topological polar surface area (TPSA) is 53.4 Å². The molecule has 1 aromatic carbocycles. The third-order valence-corrected chi connectivity index (χ3v) is 4.07. The zero-order valence-electron chi connectivity index (χ0n) is 9.91. The van der Waals surface area contributed by atoms with E-state index in [4.69, 9.17) is 11.6 Å². The number of aromatic nitrogens is 1. The van der Waals surface area contributed by atoms with Crippen molar-refractivity contribution < 1.29 is 9.90 Å². The van der Waals surface area contributed by atoms with Gasteiger partial charge in [0.15, 0.2) is 0 Å². The molecule has 1 aliphatic rings.